The van der Waals surface area contributed by atoms with E-state index in [1.54, 1.807) is 0 Å². The molecule has 1 unspecified atom stereocenters. The molecule has 0 bridgehead atoms. The minimum Gasteiger partial charge on any atom is -0.296 e. The van der Waals surface area contributed by atoms with Crippen molar-refractivity contribution >= 4 is 11.2 Å². The Morgan fingerprint density at radius 1 is 1.30 bits per heavy atom. The smallest absolute Gasteiger partial charge is 0.161 e. The molecule has 108 valence electrons. The quantitative estimate of drug-likeness (QED) is 0.855. The summed E-state index contributed by atoms with van der Waals surface area (Å²) in [6.07, 6.45) is 8.32. The van der Waals surface area contributed by atoms with Crippen molar-refractivity contribution < 1.29 is 0 Å². The van der Waals surface area contributed by atoms with Crippen molar-refractivity contribution in [3.05, 3.63) is 24.2 Å². The van der Waals surface area contributed by atoms with Crippen LogP contribution in [0.4, 0.5) is 0 Å². The van der Waals surface area contributed by atoms with Crippen LogP contribution in [0.3, 0.4) is 0 Å². The molecule has 0 amide bonds. The number of likely N-dealkylation sites (tertiary alicyclic amines) is 1. The minimum atomic E-state index is 0.440. The van der Waals surface area contributed by atoms with E-state index < -0.39 is 0 Å². The summed E-state index contributed by atoms with van der Waals surface area (Å²) in [6.45, 7) is 6.77. The number of aryl methyl sites for hydroxylation is 1. The highest BCUT2D eigenvalue weighted by Gasteiger charge is 2.26. The fourth-order valence-electron chi connectivity index (χ4n) is 3.32. The number of aromatic nitrogens is 3. The van der Waals surface area contributed by atoms with E-state index >= 15 is 0 Å². The third kappa shape index (κ3) is 2.33. The van der Waals surface area contributed by atoms with Crippen molar-refractivity contribution in [1.29, 1.82) is 0 Å². The van der Waals surface area contributed by atoms with Crippen molar-refractivity contribution in [2.24, 2.45) is 0 Å². The van der Waals surface area contributed by atoms with E-state index in [4.69, 9.17) is 4.98 Å². The molecule has 3 rings (SSSR count). The number of piperidine rings is 1. The van der Waals surface area contributed by atoms with E-state index in [2.05, 4.69) is 34.4 Å². The SMILES string of the molecule is CCCc1nc2cccnc2n1C1CCCCN1CC. The normalized spacial score (nSPS) is 20.6. The van der Waals surface area contributed by atoms with Gasteiger partial charge in [0.15, 0.2) is 5.65 Å². The Labute approximate surface area is 120 Å². The third-order valence-electron chi connectivity index (χ3n) is 4.28. The maximum Gasteiger partial charge on any atom is 0.161 e. The number of imidazole rings is 1. The molecular weight excluding hydrogens is 248 g/mol. The van der Waals surface area contributed by atoms with Gasteiger partial charge in [-0.2, -0.15) is 0 Å². The first-order valence-electron chi connectivity index (χ1n) is 7.91. The minimum absolute atomic E-state index is 0.440. The lowest BCUT2D eigenvalue weighted by molar-refractivity contribution is 0.102. The summed E-state index contributed by atoms with van der Waals surface area (Å²) >= 11 is 0. The molecule has 4 nitrogen and oxygen atoms in total. The largest absolute Gasteiger partial charge is 0.296 e. The lowest BCUT2D eigenvalue weighted by atomic mass is 10.1. The zero-order valence-corrected chi connectivity index (χ0v) is 12.5. The van der Waals surface area contributed by atoms with Gasteiger partial charge in [-0.1, -0.05) is 13.8 Å². The maximum atomic E-state index is 4.82. The second-order valence-corrected chi connectivity index (χ2v) is 5.60. The highest BCUT2D eigenvalue weighted by molar-refractivity contribution is 5.71. The average Bonchev–Trinajstić information content (AvgIpc) is 2.85. The zero-order chi connectivity index (χ0) is 13.9. The molecule has 1 atom stereocenters. The monoisotopic (exact) mass is 272 g/mol. The Bertz CT molecular complexity index is 575. The van der Waals surface area contributed by atoms with Crippen LogP contribution >= 0.6 is 0 Å². The van der Waals surface area contributed by atoms with Gasteiger partial charge in [0.25, 0.3) is 0 Å². The molecule has 0 N–H and O–H groups in total. The molecule has 1 aliphatic heterocycles. The number of hydrogen-bond donors (Lipinski definition) is 0. The lowest BCUT2D eigenvalue weighted by Gasteiger charge is -2.36. The number of nitrogens with zero attached hydrogens (tertiary/aromatic N) is 4. The molecule has 20 heavy (non-hydrogen) atoms. The Morgan fingerprint density at radius 2 is 2.20 bits per heavy atom. The maximum absolute atomic E-state index is 4.82. The first-order valence-corrected chi connectivity index (χ1v) is 7.91. The molecule has 0 aromatic carbocycles. The highest BCUT2D eigenvalue weighted by atomic mass is 15.3. The van der Waals surface area contributed by atoms with Crippen molar-refractivity contribution in [1.82, 2.24) is 19.4 Å². The number of pyridine rings is 1. The number of rotatable bonds is 4. The molecule has 2 aromatic rings. The van der Waals surface area contributed by atoms with Crippen LogP contribution in [-0.4, -0.2) is 32.5 Å². The molecule has 1 fully saturated rings. The fraction of sp³-hybridized carbons (Fsp3) is 0.625. The van der Waals surface area contributed by atoms with E-state index in [1.807, 2.05) is 12.3 Å². The summed E-state index contributed by atoms with van der Waals surface area (Å²) in [5.41, 5.74) is 2.10. The van der Waals surface area contributed by atoms with Crippen LogP contribution in [0, 0.1) is 0 Å². The van der Waals surface area contributed by atoms with Gasteiger partial charge in [-0.15, -0.1) is 0 Å². The summed E-state index contributed by atoms with van der Waals surface area (Å²) < 4.78 is 2.40. The Hall–Kier alpha value is -1.42. The second-order valence-electron chi connectivity index (χ2n) is 5.60. The van der Waals surface area contributed by atoms with Crippen LogP contribution < -0.4 is 0 Å². The van der Waals surface area contributed by atoms with Crippen LogP contribution in [0.5, 0.6) is 0 Å². The molecule has 0 saturated carbocycles. The van der Waals surface area contributed by atoms with E-state index in [0.717, 1.165) is 30.6 Å². The lowest BCUT2D eigenvalue weighted by Crippen LogP contribution is -2.37. The topological polar surface area (TPSA) is 34.0 Å². The standard InChI is InChI=1S/C16H24N4/c1-3-8-14-18-13-9-7-11-17-16(13)20(14)15-10-5-6-12-19(15)4-2/h7,9,11,15H,3-6,8,10,12H2,1-2H3. The Morgan fingerprint density at radius 3 is 3.00 bits per heavy atom. The van der Waals surface area contributed by atoms with Gasteiger partial charge in [-0.3, -0.25) is 9.47 Å². The van der Waals surface area contributed by atoms with Gasteiger partial charge >= 0.3 is 0 Å². The van der Waals surface area contributed by atoms with Crippen molar-refractivity contribution in [3.63, 3.8) is 0 Å². The number of fused-ring (bicyclic) bond motifs is 1. The molecule has 3 heterocycles. The van der Waals surface area contributed by atoms with Crippen molar-refractivity contribution in [2.75, 3.05) is 13.1 Å². The van der Waals surface area contributed by atoms with Gasteiger partial charge in [-0.05, 0) is 44.4 Å². The first kappa shape index (κ1) is 13.6. The summed E-state index contributed by atoms with van der Waals surface area (Å²) in [7, 11) is 0. The van der Waals surface area contributed by atoms with Gasteiger partial charge < -0.3 is 0 Å². The van der Waals surface area contributed by atoms with Crippen LogP contribution in [0.15, 0.2) is 18.3 Å². The highest BCUT2D eigenvalue weighted by Crippen LogP contribution is 2.30. The predicted molar refractivity (Wildman–Crippen MR) is 81.7 cm³/mol. The van der Waals surface area contributed by atoms with Crippen molar-refractivity contribution in [2.45, 2.75) is 52.1 Å². The van der Waals surface area contributed by atoms with Crippen LogP contribution in [0.2, 0.25) is 0 Å². The van der Waals surface area contributed by atoms with Gasteiger partial charge in [-0.25, -0.2) is 9.97 Å². The van der Waals surface area contributed by atoms with E-state index in [9.17, 15) is 0 Å². The van der Waals surface area contributed by atoms with Gasteiger partial charge in [0, 0.05) is 19.2 Å². The van der Waals surface area contributed by atoms with Gasteiger partial charge in [0.1, 0.15) is 11.3 Å². The van der Waals surface area contributed by atoms with Crippen molar-refractivity contribution in [3.8, 4) is 0 Å². The molecule has 1 aliphatic rings. The van der Waals surface area contributed by atoms with E-state index in [0.29, 0.717) is 6.17 Å². The van der Waals surface area contributed by atoms with Crippen LogP contribution in [0.1, 0.15) is 51.5 Å². The van der Waals surface area contributed by atoms with E-state index in [1.165, 1.54) is 31.6 Å². The first-order chi connectivity index (χ1) is 9.85. The zero-order valence-electron chi connectivity index (χ0n) is 12.5. The number of hydrogen-bond acceptors (Lipinski definition) is 3. The van der Waals surface area contributed by atoms with Crippen LogP contribution in [0.25, 0.3) is 11.2 Å². The third-order valence-corrected chi connectivity index (χ3v) is 4.28. The average molecular weight is 272 g/mol. The van der Waals surface area contributed by atoms with Crippen LogP contribution in [-0.2, 0) is 6.42 Å². The molecule has 0 spiro atoms. The summed E-state index contributed by atoms with van der Waals surface area (Å²) in [4.78, 5) is 12.0. The predicted octanol–water partition coefficient (Wildman–Crippen LogP) is 3.39. The molecule has 0 radical (unpaired) electrons. The second kappa shape index (κ2) is 5.92. The fourth-order valence-corrected chi connectivity index (χ4v) is 3.32. The molecular formula is C16H24N4. The summed E-state index contributed by atoms with van der Waals surface area (Å²) in [5, 5.41) is 0. The summed E-state index contributed by atoms with van der Waals surface area (Å²) in [5.74, 6) is 1.20. The molecule has 4 heteroatoms. The molecule has 0 aliphatic carbocycles. The van der Waals surface area contributed by atoms with E-state index in [-0.39, 0.29) is 0 Å². The Balaban J connectivity index is 2.09. The van der Waals surface area contributed by atoms with Gasteiger partial charge in [0.2, 0.25) is 0 Å². The van der Waals surface area contributed by atoms with Gasteiger partial charge in [0.05, 0.1) is 6.17 Å². The Kier molecular flexibility index (Phi) is 4.01. The molecule has 2 aromatic heterocycles. The molecule has 1 saturated heterocycles. The summed E-state index contributed by atoms with van der Waals surface area (Å²) in [6, 6.07) is 4.06.